The van der Waals surface area contributed by atoms with Crippen LogP contribution in [0.4, 0.5) is 0 Å². The lowest BCUT2D eigenvalue weighted by Gasteiger charge is -2.12. The molecule has 0 bridgehead atoms. The second-order valence-electron chi connectivity index (χ2n) is 3.63. The summed E-state index contributed by atoms with van der Waals surface area (Å²) in [6.07, 6.45) is 1.51. The average Bonchev–Trinajstić information content (AvgIpc) is 2.31. The first-order valence-corrected chi connectivity index (χ1v) is 5.39. The molecule has 2 aromatic rings. The van der Waals surface area contributed by atoms with Crippen molar-refractivity contribution in [2.45, 2.75) is 6.92 Å². The minimum absolute atomic E-state index is 0.107. The number of rotatable bonds is 1. The minimum Gasteiger partial charge on any atom is -0.318 e. The van der Waals surface area contributed by atoms with Gasteiger partial charge in [0.15, 0.2) is 5.43 Å². The van der Waals surface area contributed by atoms with E-state index in [0.717, 1.165) is 11.4 Å². The van der Waals surface area contributed by atoms with E-state index in [4.69, 9.17) is 16.9 Å². The number of nitrogens with zero attached hydrogens (tertiary/aromatic N) is 2. The highest BCUT2D eigenvalue weighted by Crippen LogP contribution is 2.20. The Kier molecular flexibility index (Phi) is 2.99. The maximum Gasteiger partial charge on any atom is 0.199 e. The molecular formula is C13H9ClN2O. The normalized spacial score (nSPS) is 9.94. The molecule has 0 atom stereocenters. The molecule has 2 rings (SSSR count). The third-order valence-corrected chi connectivity index (χ3v) is 2.80. The SMILES string of the molecule is Cc1cc(=O)c(C#N)cn1-c1ccccc1Cl. The number of hydrogen-bond donors (Lipinski definition) is 0. The molecular weight excluding hydrogens is 236 g/mol. The first-order valence-electron chi connectivity index (χ1n) is 5.02. The van der Waals surface area contributed by atoms with Crippen molar-refractivity contribution in [1.29, 1.82) is 5.26 Å². The number of aromatic nitrogens is 1. The molecule has 0 spiro atoms. The Morgan fingerprint density at radius 3 is 2.71 bits per heavy atom. The summed E-state index contributed by atoms with van der Waals surface area (Å²) in [6.45, 7) is 1.80. The van der Waals surface area contributed by atoms with E-state index in [1.54, 1.807) is 17.6 Å². The Balaban J connectivity index is 2.73. The third kappa shape index (κ3) is 2.08. The predicted octanol–water partition coefficient (Wildman–Crippen LogP) is 2.67. The zero-order valence-electron chi connectivity index (χ0n) is 9.14. The Bertz CT molecular complexity index is 668. The van der Waals surface area contributed by atoms with E-state index in [9.17, 15) is 4.79 Å². The summed E-state index contributed by atoms with van der Waals surface area (Å²) in [5.41, 5.74) is 1.33. The van der Waals surface area contributed by atoms with Gasteiger partial charge in [-0.1, -0.05) is 23.7 Å². The molecule has 0 N–H and O–H groups in total. The van der Waals surface area contributed by atoms with E-state index in [0.29, 0.717) is 5.02 Å². The first kappa shape index (κ1) is 11.4. The van der Waals surface area contributed by atoms with Gasteiger partial charge in [0.25, 0.3) is 0 Å². The average molecular weight is 245 g/mol. The van der Waals surface area contributed by atoms with Crippen molar-refractivity contribution in [3.63, 3.8) is 0 Å². The molecule has 0 saturated heterocycles. The summed E-state index contributed by atoms with van der Waals surface area (Å²) < 4.78 is 1.74. The summed E-state index contributed by atoms with van der Waals surface area (Å²) >= 11 is 6.08. The van der Waals surface area contributed by atoms with Crippen LogP contribution in [0.1, 0.15) is 11.3 Å². The number of pyridine rings is 1. The fourth-order valence-corrected chi connectivity index (χ4v) is 1.85. The van der Waals surface area contributed by atoms with Crippen LogP contribution in [0.5, 0.6) is 0 Å². The number of nitriles is 1. The number of para-hydroxylation sites is 1. The lowest BCUT2D eigenvalue weighted by Crippen LogP contribution is -2.12. The molecule has 0 amide bonds. The summed E-state index contributed by atoms with van der Waals surface area (Å²) in [4.78, 5) is 11.5. The molecule has 17 heavy (non-hydrogen) atoms. The van der Waals surface area contributed by atoms with Crippen LogP contribution in [0.2, 0.25) is 5.02 Å². The molecule has 3 nitrogen and oxygen atoms in total. The maximum atomic E-state index is 11.5. The Labute approximate surface area is 104 Å². The standard InChI is InChI=1S/C13H9ClN2O/c1-9-6-13(17)10(7-15)8-16(9)12-5-3-2-4-11(12)14/h2-6,8H,1H3. The van der Waals surface area contributed by atoms with Crippen molar-refractivity contribution in [2.75, 3.05) is 0 Å². The fourth-order valence-electron chi connectivity index (χ4n) is 1.62. The molecule has 0 radical (unpaired) electrons. The number of aryl methyl sites for hydroxylation is 1. The van der Waals surface area contributed by atoms with Gasteiger partial charge in [0, 0.05) is 18.0 Å². The highest BCUT2D eigenvalue weighted by Gasteiger charge is 2.07. The van der Waals surface area contributed by atoms with Crippen LogP contribution in [0.3, 0.4) is 0 Å². The van der Waals surface area contributed by atoms with Gasteiger partial charge in [0.2, 0.25) is 0 Å². The molecule has 84 valence electrons. The molecule has 0 unspecified atom stereocenters. The zero-order valence-corrected chi connectivity index (χ0v) is 9.90. The van der Waals surface area contributed by atoms with Gasteiger partial charge >= 0.3 is 0 Å². The Hall–Kier alpha value is -2.05. The van der Waals surface area contributed by atoms with Gasteiger partial charge in [-0.2, -0.15) is 5.26 Å². The van der Waals surface area contributed by atoms with Crippen LogP contribution in [0.25, 0.3) is 5.69 Å². The summed E-state index contributed by atoms with van der Waals surface area (Å²) in [6, 6.07) is 10.6. The smallest absolute Gasteiger partial charge is 0.199 e. The summed E-state index contributed by atoms with van der Waals surface area (Å²) in [7, 11) is 0. The van der Waals surface area contributed by atoms with E-state index >= 15 is 0 Å². The van der Waals surface area contributed by atoms with Crippen molar-refractivity contribution < 1.29 is 0 Å². The lowest BCUT2D eigenvalue weighted by atomic mass is 10.2. The van der Waals surface area contributed by atoms with Gasteiger partial charge in [-0.25, -0.2) is 0 Å². The van der Waals surface area contributed by atoms with Crippen LogP contribution < -0.4 is 5.43 Å². The molecule has 0 fully saturated rings. The molecule has 4 heteroatoms. The molecule has 1 aromatic heterocycles. The predicted molar refractivity (Wildman–Crippen MR) is 66.5 cm³/mol. The van der Waals surface area contributed by atoms with Crippen molar-refractivity contribution >= 4 is 11.6 Å². The van der Waals surface area contributed by atoms with E-state index in [1.807, 2.05) is 24.3 Å². The first-order chi connectivity index (χ1) is 8.13. The zero-order chi connectivity index (χ0) is 12.4. The minimum atomic E-state index is -0.270. The molecule has 0 saturated carbocycles. The monoisotopic (exact) mass is 244 g/mol. The van der Waals surface area contributed by atoms with Gasteiger partial charge in [-0.05, 0) is 19.1 Å². The van der Waals surface area contributed by atoms with Gasteiger partial charge in [0.1, 0.15) is 11.6 Å². The van der Waals surface area contributed by atoms with E-state index in [2.05, 4.69) is 0 Å². The highest BCUT2D eigenvalue weighted by molar-refractivity contribution is 6.32. The molecule has 0 aliphatic rings. The highest BCUT2D eigenvalue weighted by atomic mass is 35.5. The fraction of sp³-hybridized carbons (Fsp3) is 0.0769. The van der Waals surface area contributed by atoms with Crippen LogP contribution in [0.15, 0.2) is 41.3 Å². The van der Waals surface area contributed by atoms with Crippen molar-refractivity contribution in [1.82, 2.24) is 4.57 Å². The van der Waals surface area contributed by atoms with Gasteiger partial charge in [0.05, 0.1) is 10.7 Å². The van der Waals surface area contributed by atoms with Crippen LogP contribution in [-0.2, 0) is 0 Å². The van der Waals surface area contributed by atoms with Crippen molar-refractivity contribution in [3.05, 3.63) is 63.0 Å². The number of hydrogen-bond acceptors (Lipinski definition) is 2. The molecule has 1 heterocycles. The molecule has 0 aliphatic carbocycles. The molecule has 0 aliphatic heterocycles. The largest absolute Gasteiger partial charge is 0.318 e. The van der Waals surface area contributed by atoms with Gasteiger partial charge in [-0.15, -0.1) is 0 Å². The second-order valence-corrected chi connectivity index (χ2v) is 4.03. The number of halogens is 1. The number of benzene rings is 1. The maximum absolute atomic E-state index is 11.5. The van der Waals surface area contributed by atoms with E-state index < -0.39 is 0 Å². The van der Waals surface area contributed by atoms with Gasteiger partial charge < -0.3 is 4.57 Å². The quantitative estimate of drug-likeness (QED) is 0.774. The third-order valence-electron chi connectivity index (χ3n) is 2.48. The Morgan fingerprint density at radius 1 is 1.35 bits per heavy atom. The van der Waals surface area contributed by atoms with E-state index in [1.165, 1.54) is 12.3 Å². The topological polar surface area (TPSA) is 45.8 Å². The van der Waals surface area contributed by atoms with Crippen LogP contribution in [-0.4, -0.2) is 4.57 Å². The Morgan fingerprint density at radius 2 is 2.06 bits per heavy atom. The van der Waals surface area contributed by atoms with Crippen molar-refractivity contribution in [2.24, 2.45) is 0 Å². The molecule has 1 aromatic carbocycles. The van der Waals surface area contributed by atoms with E-state index in [-0.39, 0.29) is 11.0 Å². The lowest BCUT2D eigenvalue weighted by molar-refractivity contribution is 0.968. The van der Waals surface area contributed by atoms with Crippen molar-refractivity contribution in [3.8, 4) is 11.8 Å². The second kappa shape index (κ2) is 4.44. The summed E-state index contributed by atoms with van der Waals surface area (Å²) in [5, 5.41) is 9.43. The summed E-state index contributed by atoms with van der Waals surface area (Å²) in [5.74, 6) is 0. The van der Waals surface area contributed by atoms with Crippen LogP contribution >= 0.6 is 11.6 Å². The van der Waals surface area contributed by atoms with Gasteiger partial charge in [-0.3, -0.25) is 4.79 Å². The van der Waals surface area contributed by atoms with Crippen LogP contribution in [0, 0.1) is 18.3 Å².